The SMILES string of the molecule is Cc1c(O)cccc1OCCCCn1c(-c2ccccc2Cl)nc2ccccc21. The minimum absolute atomic E-state index is 0.261. The highest BCUT2D eigenvalue weighted by Crippen LogP contribution is 2.30. The zero-order chi connectivity index (χ0) is 20.2. The number of hydrogen-bond donors (Lipinski definition) is 1. The maximum Gasteiger partial charge on any atom is 0.142 e. The number of benzene rings is 3. The smallest absolute Gasteiger partial charge is 0.142 e. The molecular weight excluding hydrogens is 384 g/mol. The fraction of sp³-hybridized carbons (Fsp3) is 0.208. The number of fused-ring (bicyclic) bond motifs is 1. The lowest BCUT2D eigenvalue weighted by Gasteiger charge is -2.12. The van der Waals surface area contributed by atoms with Crippen LogP contribution in [0.5, 0.6) is 11.5 Å². The Balaban J connectivity index is 1.48. The Morgan fingerprint density at radius 2 is 1.76 bits per heavy atom. The highest BCUT2D eigenvalue weighted by Gasteiger charge is 2.14. The van der Waals surface area contributed by atoms with Crippen molar-refractivity contribution in [2.45, 2.75) is 26.3 Å². The van der Waals surface area contributed by atoms with Crippen molar-refractivity contribution in [3.8, 4) is 22.9 Å². The summed E-state index contributed by atoms with van der Waals surface area (Å²) in [5, 5.41) is 10.5. The molecule has 4 nitrogen and oxygen atoms in total. The number of phenols is 1. The Kier molecular flexibility index (Phi) is 5.72. The first-order chi connectivity index (χ1) is 14.1. The molecule has 0 radical (unpaired) electrons. The summed E-state index contributed by atoms with van der Waals surface area (Å²) in [6, 6.07) is 21.3. The third-order valence-electron chi connectivity index (χ3n) is 5.06. The number of aryl methyl sites for hydroxylation is 1. The van der Waals surface area contributed by atoms with Crippen LogP contribution in [-0.4, -0.2) is 21.3 Å². The summed E-state index contributed by atoms with van der Waals surface area (Å²) < 4.78 is 8.08. The Hall–Kier alpha value is -2.98. The first-order valence-corrected chi connectivity index (χ1v) is 10.1. The van der Waals surface area contributed by atoms with Crippen molar-refractivity contribution in [2.75, 3.05) is 6.61 Å². The van der Waals surface area contributed by atoms with Crippen LogP contribution >= 0.6 is 11.6 Å². The third kappa shape index (κ3) is 4.08. The molecule has 0 saturated heterocycles. The van der Waals surface area contributed by atoms with E-state index in [-0.39, 0.29) is 5.75 Å². The average molecular weight is 407 g/mol. The van der Waals surface area contributed by atoms with Crippen LogP contribution in [0.3, 0.4) is 0 Å². The molecule has 148 valence electrons. The number of para-hydroxylation sites is 2. The van der Waals surface area contributed by atoms with Gasteiger partial charge in [0.1, 0.15) is 17.3 Å². The van der Waals surface area contributed by atoms with Gasteiger partial charge >= 0.3 is 0 Å². The van der Waals surface area contributed by atoms with Crippen LogP contribution in [-0.2, 0) is 6.54 Å². The first kappa shape index (κ1) is 19.3. The van der Waals surface area contributed by atoms with E-state index in [1.165, 1.54) is 0 Å². The van der Waals surface area contributed by atoms with E-state index in [1.54, 1.807) is 12.1 Å². The molecule has 1 aromatic heterocycles. The van der Waals surface area contributed by atoms with Gasteiger partial charge in [0.15, 0.2) is 0 Å². The number of unbranched alkanes of at least 4 members (excludes halogenated alkanes) is 1. The lowest BCUT2D eigenvalue weighted by atomic mass is 10.2. The molecule has 0 aliphatic carbocycles. The van der Waals surface area contributed by atoms with Gasteiger partial charge in [-0.3, -0.25) is 0 Å². The number of phenolic OH excluding ortho intramolecular Hbond substituents is 1. The molecule has 0 aliphatic rings. The predicted molar refractivity (Wildman–Crippen MR) is 118 cm³/mol. The molecule has 0 atom stereocenters. The quantitative estimate of drug-likeness (QED) is 0.370. The number of imidazole rings is 1. The number of ether oxygens (including phenoxy) is 1. The molecule has 4 rings (SSSR count). The fourth-order valence-corrected chi connectivity index (χ4v) is 3.68. The van der Waals surface area contributed by atoms with E-state index in [2.05, 4.69) is 10.6 Å². The third-order valence-corrected chi connectivity index (χ3v) is 5.39. The van der Waals surface area contributed by atoms with Crippen molar-refractivity contribution in [2.24, 2.45) is 0 Å². The summed E-state index contributed by atoms with van der Waals surface area (Å²) in [5.41, 5.74) is 3.78. The Morgan fingerprint density at radius 3 is 2.62 bits per heavy atom. The summed E-state index contributed by atoms with van der Waals surface area (Å²) in [4.78, 5) is 4.83. The van der Waals surface area contributed by atoms with Crippen LogP contribution in [0, 0.1) is 6.92 Å². The maximum atomic E-state index is 9.79. The van der Waals surface area contributed by atoms with E-state index >= 15 is 0 Å². The topological polar surface area (TPSA) is 47.3 Å². The van der Waals surface area contributed by atoms with Crippen molar-refractivity contribution < 1.29 is 9.84 Å². The molecule has 0 amide bonds. The Morgan fingerprint density at radius 1 is 0.966 bits per heavy atom. The van der Waals surface area contributed by atoms with Crippen LogP contribution in [0.1, 0.15) is 18.4 Å². The molecule has 5 heteroatoms. The summed E-state index contributed by atoms with van der Waals surface area (Å²) in [7, 11) is 0. The van der Waals surface area contributed by atoms with E-state index in [4.69, 9.17) is 21.3 Å². The fourth-order valence-electron chi connectivity index (χ4n) is 3.46. The van der Waals surface area contributed by atoms with E-state index < -0.39 is 0 Å². The largest absolute Gasteiger partial charge is 0.508 e. The van der Waals surface area contributed by atoms with E-state index in [9.17, 15) is 5.11 Å². The first-order valence-electron chi connectivity index (χ1n) is 9.76. The van der Waals surface area contributed by atoms with Crippen LogP contribution in [0.2, 0.25) is 5.02 Å². The molecule has 3 aromatic carbocycles. The van der Waals surface area contributed by atoms with Gasteiger partial charge in [-0.1, -0.05) is 41.9 Å². The van der Waals surface area contributed by atoms with Crippen LogP contribution < -0.4 is 4.74 Å². The maximum absolute atomic E-state index is 9.79. The van der Waals surface area contributed by atoms with Gasteiger partial charge in [0.2, 0.25) is 0 Å². The van der Waals surface area contributed by atoms with Crippen LogP contribution in [0.4, 0.5) is 0 Å². The molecule has 1 heterocycles. The minimum atomic E-state index is 0.261. The van der Waals surface area contributed by atoms with Gasteiger partial charge in [0.05, 0.1) is 22.7 Å². The highest BCUT2D eigenvalue weighted by atomic mass is 35.5. The normalized spacial score (nSPS) is 11.1. The monoisotopic (exact) mass is 406 g/mol. The van der Waals surface area contributed by atoms with Gasteiger partial charge in [-0.05, 0) is 56.2 Å². The van der Waals surface area contributed by atoms with Gasteiger partial charge < -0.3 is 14.4 Å². The van der Waals surface area contributed by atoms with Crippen molar-refractivity contribution in [3.63, 3.8) is 0 Å². The summed E-state index contributed by atoms with van der Waals surface area (Å²) in [6.45, 7) is 3.28. The van der Waals surface area contributed by atoms with E-state index in [0.29, 0.717) is 11.6 Å². The lowest BCUT2D eigenvalue weighted by Crippen LogP contribution is -2.04. The second kappa shape index (κ2) is 8.58. The second-order valence-electron chi connectivity index (χ2n) is 7.01. The molecule has 0 bridgehead atoms. The van der Waals surface area contributed by atoms with Gasteiger partial charge in [-0.15, -0.1) is 0 Å². The molecule has 0 unspecified atom stereocenters. The molecule has 4 aromatic rings. The van der Waals surface area contributed by atoms with Crippen molar-refractivity contribution in [3.05, 3.63) is 77.3 Å². The van der Waals surface area contributed by atoms with E-state index in [0.717, 1.165) is 53.1 Å². The van der Waals surface area contributed by atoms with Crippen molar-refractivity contribution >= 4 is 22.6 Å². The summed E-state index contributed by atoms with van der Waals surface area (Å²) >= 11 is 6.44. The highest BCUT2D eigenvalue weighted by molar-refractivity contribution is 6.33. The standard InChI is InChI=1S/C24H23ClN2O2/c1-17-22(28)13-8-14-23(17)29-16-7-6-15-27-21-12-5-4-11-20(21)26-24(27)18-9-2-3-10-19(18)25/h2-5,8-14,28H,6-7,15-16H2,1H3. The van der Waals surface area contributed by atoms with Gasteiger partial charge in [0.25, 0.3) is 0 Å². The van der Waals surface area contributed by atoms with Crippen LogP contribution in [0.15, 0.2) is 66.7 Å². The molecular formula is C24H23ClN2O2. The lowest BCUT2D eigenvalue weighted by molar-refractivity contribution is 0.300. The Bertz CT molecular complexity index is 1140. The second-order valence-corrected chi connectivity index (χ2v) is 7.42. The average Bonchev–Trinajstić information content (AvgIpc) is 3.09. The summed E-state index contributed by atoms with van der Waals surface area (Å²) in [5.74, 6) is 1.88. The molecule has 0 saturated carbocycles. The number of aromatic nitrogens is 2. The number of rotatable bonds is 7. The van der Waals surface area contributed by atoms with Crippen molar-refractivity contribution in [1.82, 2.24) is 9.55 Å². The van der Waals surface area contributed by atoms with Gasteiger partial charge in [0, 0.05) is 17.7 Å². The zero-order valence-corrected chi connectivity index (χ0v) is 17.1. The zero-order valence-electron chi connectivity index (χ0n) is 16.3. The molecule has 0 spiro atoms. The van der Waals surface area contributed by atoms with Gasteiger partial charge in [-0.25, -0.2) is 4.98 Å². The van der Waals surface area contributed by atoms with Gasteiger partial charge in [-0.2, -0.15) is 0 Å². The van der Waals surface area contributed by atoms with Crippen LogP contribution in [0.25, 0.3) is 22.4 Å². The Labute approximate surface area is 175 Å². The molecule has 29 heavy (non-hydrogen) atoms. The number of halogens is 1. The van der Waals surface area contributed by atoms with Crippen molar-refractivity contribution in [1.29, 1.82) is 0 Å². The summed E-state index contributed by atoms with van der Waals surface area (Å²) in [6.07, 6.45) is 1.83. The predicted octanol–water partition coefficient (Wildman–Crippen LogP) is 6.23. The number of nitrogens with zero attached hydrogens (tertiary/aromatic N) is 2. The number of aromatic hydroxyl groups is 1. The molecule has 0 aliphatic heterocycles. The van der Waals surface area contributed by atoms with E-state index in [1.807, 2.05) is 55.5 Å². The molecule has 1 N–H and O–H groups in total. The minimum Gasteiger partial charge on any atom is -0.508 e. The molecule has 0 fully saturated rings. The number of hydrogen-bond acceptors (Lipinski definition) is 3.